The molecule has 0 bridgehead atoms. The van der Waals surface area contributed by atoms with Crippen molar-refractivity contribution >= 4 is 17.4 Å². The molecule has 1 rings (SSSR count). The number of amides is 1. The average molecular weight is 247 g/mol. The van der Waals surface area contributed by atoms with E-state index in [-0.39, 0.29) is 0 Å². The zero-order valence-corrected chi connectivity index (χ0v) is 11.5. The highest BCUT2D eigenvalue weighted by molar-refractivity contribution is 5.89. The van der Waals surface area contributed by atoms with Gasteiger partial charge in [0.1, 0.15) is 0 Å². The van der Waals surface area contributed by atoms with Gasteiger partial charge >= 0.3 is 6.09 Å². The number of anilines is 1. The molecule has 0 fully saturated rings. The van der Waals surface area contributed by atoms with Gasteiger partial charge in [-0.25, -0.2) is 4.79 Å². The molecule has 18 heavy (non-hydrogen) atoms. The molecule has 0 saturated carbocycles. The minimum absolute atomic E-state index is 0.372. The summed E-state index contributed by atoms with van der Waals surface area (Å²) in [6.07, 6.45) is 2.70. The number of hydrogen-bond acceptors (Lipinski definition) is 2. The van der Waals surface area contributed by atoms with E-state index in [2.05, 4.69) is 31.3 Å². The van der Waals surface area contributed by atoms with Crippen LogP contribution in [0.15, 0.2) is 24.3 Å². The minimum Gasteiger partial charge on any atom is -0.450 e. The van der Waals surface area contributed by atoms with Crippen molar-refractivity contribution in [2.45, 2.75) is 34.1 Å². The van der Waals surface area contributed by atoms with Gasteiger partial charge in [0.05, 0.1) is 12.3 Å². The van der Waals surface area contributed by atoms with Gasteiger partial charge in [-0.3, -0.25) is 5.32 Å². The lowest BCUT2D eigenvalue weighted by Crippen LogP contribution is -2.14. The van der Waals surface area contributed by atoms with E-state index in [4.69, 9.17) is 4.74 Å². The molecule has 98 valence electrons. The van der Waals surface area contributed by atoms with Crippen molar-refractivity contribution in [3.63, 3.8) is 0 Å². The molecule has 0 atom stereocenters. The third kappa shape index (κ3) is 3.91. The van der Waals surface area contributed by atoms with Crippen LogP contribution in [0.4, 0.5) is 10.5 Å². The molecular weight excluding hydrogens is 226 g/mol. The van der Waals surface area contributed by atoms with Gasteiger partial charge in [-0.05, 0) is 44.9 Å². The SMILES string of the molecule is CC/C=C(\C)c1cc(C)ccc1NC(=O)OCC. The molecule has 0 unspecified atom stereocenters. The second-order valence-electron chi connectivity index (χ2n) is 4.19. The van der Waals surface area contributed by atoms with Gasteiger partial charge in [0.25, 0.3) is 0 Å². The molecule has 0 heterocycles. The van der Waals surface area contributed by atoms with E-state index >= 15 is 0 Å². The lowest BCUT2D eigenvalue weighted by atomic mass is 10.0. The zero-order valence-electron chi connectivity index (χ0n) is 11.5. The molecule has 1 aromatic carbocycles. The molecule has 0 aliphatic rings. The van der Waals surface area contributed by atoms with Crippen molar-refractivity contribution in [3.8, 4) is 0 Å². The molecule has 1 amide bonds. The summed E-state index contributed by atoms with van der Waals surface area (Å²) in [7, 11) is 0. The molecule has 0 spiro atoms. The van der Waals surface area contributed by atoms with Gasteiger partial charge in [0.2, 0.25) is 0 Å². The molecule has 1 aromatic rings. The van der Waals surface area contributed by atoms with Crippen LogP contribution in [0.3, 0.4) is 0 Å². The first-order chi connectivity index (χ1) is 8.58. The smallest absolute Gasteiger partial charge is 0.411 e. The lowest BCUT2D eigenvalue weighted by molar-refractivity contribution is 0.168. The fourth-order valence-electron chi connectivity index (χ4n) is 1.79. The zero-order chi connectivity index (χ0) is 13.5. The quantitative estimate of drug-likeness (QED) is 0.857. The maximum absolute atomic E-state index is 11.5. The Kier molecular flexibility index (Phi) is 5.43. The van der Waals surface area contributed by atoms with Crippen LogP contribution in [0.25, 0.3) is 5.57 Å². The number of hydrogen-bond donors (Lipinski definition) is 1. The van der Waals surface area contributed by atoms with Crippen molar-refractivity contribution in [1.82, 2.24) is 0 Å². The Bertz CT molecular complexity index is 450. The van der Waals surface area contributed by atoms with Crippen molar-refractivity contribution in [2.24, 2.45) is 0 Å². The van der Waals surface area contributed by atoms with Crippen LogP contribution >= 0.6 is 0 Å². The lowest BCUT2D eigenvalue weighted by Gasteiger charge is -2.12. The Hall–Kier alpha value is -1.77. The van der Waals surface area contributed by atoms with Crippen LogP contribution in [0.5, 0.6) is 0 Å². The Morgan fingerprint density at radius 2 is 2.11 bits per heavy atom. The van der Waals surface area contributed by atoms with Gasteiger partial charge in [-0.2, -0.15) is 0 Å². The largest absolute Gasteiger partial charge is 0.450 e. The van der Waals surface area contributed by atoms with Crippen LogP contribution in [0, 0.1) is 6.92 Å². The van der Waals surface area contributed by atoms with Gasteiger partial charge < -0.3 is 4.74 Å². The summed E-state index contributed by atoms with van der Waals surface area (Å²) in [4.78, 5) is 11.5. The van der Waals surface area contributed by atoms with E-state index in [1.165, 1.54) is 5.56 Å². The number of aryl methyl sites for hydroxylation is 1. The first-order valence-electron chi connectivity index (χ1n) is 6.30. The summed E-state index contributed by atoms with van der Waals surface area (Å²) in [5.41, 5.74) is 4.17. The number of nitrogens with one attached hydrogen (secondary N) is 1. The number of benzene rings is 1. The maximum Gasteiger partial charge on any atom is 0.411 e. The van der Waals surface area contributed by atoms with Gasteiger partial charge in [0, 0.05) is 5.56 Å². The number of rotatable bonds is 4. The van der Waals surface area contributed by atoms with E-state index in [1.807, 2.05) is 19.1 Å². The molecule has 3 nitrogen and oxygen atoms in total. The number of allylic oxidation sites excluding steroid dienone is 2. The van der Waals surface area contributed by atoms with Crippen LogP contribution in [0.2, 0.25) is 0 Å². The highest BCUT2D eigenvalue weighted by atomic mass is 16.5. The fraction of sp³-hybridized carbons (Fsp3) is 0.400. The Balaban J connectivity index is 3.03. The normalized spacial score (nSPS) is 11.2. The summed E-state index contributed by atoms with van der Waals surface area (Å²) >= 11 is 0. The summed E-state index contributed by atoms with van der Waals surface area (Å²) in [6, 6.07) is 5.96. The summed E-state index contributed by atoms with van der Waals surface area (Å²) in [5, 5.41) is 2.78. The average Bonchev–Trinajstić information content (AvgIpc) is 2.32. The van der Waals surface area contributed by atoms with Crippen molar-refractivity contribution in [2.75, 3.05) is 11.9 Å². The first-order valence-corrected chi connectivity index (χ1v) is 6.30. The van der Waals surface area contributed by atoms with Gasteiger partial charge in [-0.15, -0.1) is 0 Å². The number of ether oxygens (including phenoxy) is 1. The monoisotopic (exact) mass is 247 g/mol. The van der Waals surface area contributed by atoms with E-state index in [0.717, 1.165) is 23.2 Å². The highest BCUT2D eigenvalue weighted by Crippen LogP contribution is 2.25. The predicted molar refractivity (Wildman–Crippen MR) is 75.8 cm³/mol. The first kappa shape index (κ1) is 14.3. The van der Waals surface area contributed by atoms with Crippen molar-refractivity contribution in [3.05, 3.63) is 35.4 Å². The van der Waals surface area contributed by atoms with E-state index in [1.54, 1.807) is 6.92 Å². The minimum atomic E-state index is -0.410. The van der Waals surface area contributed by atoms with Crippen molar-refractivity contribution in [1.29, 1.82) is 0 Å². The molecule has 0 radical (unpaired) electrons. The Morgan fingerprint density at radius 1 is 1.39 bits per heavy atom. The molecular formula is C15H21NO2. The van der Waals surface area contributed by atoms with Gasteiger partial charge in [0.15, 0.2) is 0 Å². The highest BCUT2D eigenvalue weighted by Gasteiger charge is 2.08. The van der Waals surface area contributed by atoms with Crippen LogP contribution in [-0.2, 0) is 4.74 Å². The molecule has 0 aromatic heterocycles. The fourth-order valence-corrected chi connectivity index (χ4v) is 1.79. The predicted octanol–water partition coefficient (Wildman–Crippen LogP) is 4.38. The summed E-state index contributed by atoms with van der Waals surface area (Å²) in [6.45, 7) is 8.35. The van der Waals surface area contributed by atoms with Crippen LogP contribution < -0.4 is 5.32 Å². The standard InChI is InChI=1S/C15H21NO2/c1-5-7-12(4)13-10-11(3)8-9-14(13)16-15(17)18-6-2/h7-10H,5-6H2,1-4H3,(H,16,17)/b12-7+. The van der Waals surface area contributed by atoms with Crippen molar-refractivity contribution < 1.29 is 9.53 Å². The van der Waals surface area contributed by atoms with Gasteiger partial charge in [-0.1, -0.05) is 24.6 Å². The van der Waals surface area contributed by atoms with E-state index in [9.17, 15) is 4.79 Å². The van der Waals surface area contributed by atoms with E-state index in [0.29, 0.717) is 6.61 Å². The van der Waals surface area contributed by atoms with E-state index < -0.39 is 6.09 Å². The third-order valence-corrected chi connectivity index (χ3v) is 2.62. The maximum atomic E-state index is 11.5. The molecule has 3 heteroatoms. The summed E-state index contributed by atoms with van der Waals surface area (Å²) in [5.74, 6) is 0. The second kappa shape index (κ2) is 6.84. The Morgan fingerprint density at radius 3 is 2.72 bits per heavy atom. The molecule has 0 aliphatic heterocycles. The number of carbonyl (C=O) groups is 1. The molecule has 0 aliphatic carbocycles. The molecule has 0 saturated heterocycles. The summed E-state index contributed by atoms with van der Waals surface area (Å²) < 4.78 is 4.90. The molecule has 1 N–H and O–H groups in total. The Labute approximate surface area is 109 Å². The number of carbonyl (C=O) groups excluding carboxylic acids is 1. The second-order valence-corrected chi connectivity index (χ2v) is 4.19. The van der Waals surface area contributed by atoms with Crippen LogP contribution in [-0.4, -0.2) is 12.7 Å². The van der Waals surface area contributed by atoms with Crippen LogP contribution in [0.1, 0.15) is 38.3 Å². The third-order valence-electron chi connectivity index (χ3n) is 2.62. The topological polar surface area (TPSA) is 38.3 Å².